The third-order valence-corrected chi connectivity index (χ3v) is 4.34. The lowest BCUT2D eigenvalue weighted by atomic mass is 10.1. The molecule has 0 fully saturated rings. The SMILES string of the molecule is O=[N+]([O-])c1ccc(OCCCSCC(O)c2ccccc2)cc1. The van der Waals surface area contributed by atoms with Crippen molar-refractivity contribution >= 4 is 17.4 Å². The average Bonchev–Trinajstić information content (AvgIpc) is 2.59. The number of nitro groups is 1. The Kier molecular flexibility index (Phi) is 6.90. The van der Waals surface area contributed by atoms with Gasteiger partial charge < -0.3 is 9.84 Å². The normalized spacial score (nSPS) is 11.9. The topological polar surface area (TPSA) is 72.6 Å². The molecule has 0 amide bonds. The van der Waals surface area contributed by atoms with E-state index >= 15 is 0 Å². The molecule has 1 unspecified atom stereocenters. The number of ether oxygens (including phenoxy) is 1. The predicted octanol–water partition coefficient (Wildman–Crippen LogP) is 3.83. The van der Waals surface area contributed by atoms with Crippen LogP contribution >= 0.6 is 11.8 Å². The molecule has 5 nitrogen and oxygen atoms in total. The molecule has 23 heavy (non-hydrogen) atoms. The van der Waals surface area contributed by atoms with Crippen molar-refractivity contribution in [1.82, 2.24) is 0 Å². The van der Waals surface area contributed by atoms with E-state index in [4.69, 9.17) is 4.74 Å². The fourth-order valence-corrected chi connectivity index (χ4v) is 2.89. The highest BCUT2D eigenvalue weighted by Gasteiger charge is 2.07. The summed E-state index contributed by atoms with van der Waals surface area (Å²) < 4.78 is 5.53. The van der Waals surface area contributed by atoms with Crippen molar-refractivity contribution in [3.8, 4) is 5.75 Å². The summed E-state index contributed by atoms with van der Waals surface area (Å²) in [5.41, 5.74) is 0.991. The molecular formula is C17H19NO4S. The lowest BCUT2D eigenvalue weighted by Crippen LogP contribution is -2.03. The number of thioether (sulfide) groups is 1. The minimum absolute atomic E-state index is 0.0582. The van der Waals surface area contributed by atoms with Crippen molar-refractivity contribution in [2.45, 2.75) is 12.5 Å². The zero-order valence-electron chi connectivity index (χ0n) is 12.6. The van der Waals surface area contributed by atoms with E-state index in [-0.39, 0.29) is 5.69 Å². The fraction of sp³-hybridized carbons (Fsp3) is 0.294. The Morgan fingerprint density at radius 2 is 1.83 bits per heavy atom. The molecule has 1 atom stereocenters. The maximum absolute atomic E-state index is 10.5. The number of rotatable bonds is 9. The molecule has 1 N–H and O–H groups in total. The standard InChI is InChI=1S/C17H19NO4S/c19-17(14-5-2-1-3-6-14)13-23-12-4-11-22-16-9-7-15(8-10-16)18(20)21/h1-3,5-10,17,19H,4,11-13H2. The van der Waals surface area contributed by atoms with Gasteiger partial charge in [0.05, 0.1) is 17.6 Å². The summed E-state index contributed by atoms with van der Waals surface area (Å²) in [4.78, 5) is 10.1. The number of non-ortho nitro benzene ring substituents is 1. The van der Waals surface area contributed by atoms with E-state index in [1.54, 1.807) is 23.9 Å². The molecule has 122 valence electrons. The van der Waals surface area contributed by atoms with Gasteiger partial charge in [0.1, 0.15) is 5.75 Å². The molecule has 0 aromatic heterocycles. The first-order valence-corrected chi connectivity index (χ1v) is 8.50. The molecule has 0 saturated carbocycles. The van der Waals surface area contributed by atoms with Gasteiger partial charge in [0.2, 0.25) is 0 Å². The summed E-state index contributed by atoms with van der Waals surface area (Å²) in [5.74, 6) is 2.17. The monoisotopic (exact) mass is 333 g/mol. The van der Waals surface area contributed by atoms with Gasteiger partial charge in [0, 0.05) is 17.9 Å². The van der Waals surface area contributed by atoms with Crippen LogP contribution in [0.4, 0.5) is 5.69 Å². The number of hydrogen-bond donors (Lipinski definition) is 1. The second-order valence-electron chi connectivity index (χ2n) is 4.95. The number of aliphatic hydroxyl groups excluding tert-OH is 1. The van der Waals surface area contributed by atoms with Crippen LogP contribution in [0.25, 0.3) is 0 Å². The van der Waals surface area contributed by atoms with Gasteiger partial charge in [-0.2, -0.15) is 11.8 Å². The van der Waals surface area contributed by atoms with Gasteiger partial charge in [0.25, 0.3) is 5.69 Å². The van der Waals surface area contributed by atoms with Crippen LogP contribution in [-0.4, -0.2) is 28.1 Å². The van der Waals surface area contributed by atoms with Crippen molar-refractivity contribution < 1.29 is 14.8 Å². The first kappa shape index (κ1) is 17.3. The Balaban J connectivity index is 1.60. The second kappa shape index (κ2) is 9.17. The number of nitrogens with zero attached hydrogens (tertiary/aromatic N) is 1. The Labute approximate surface area is 139 Å². The van der Waals surface area contributed by atoms with Crippen molar-refractivity contribution in [3.05, 3.63) is 70.3 Å². The molecule has 0 aliphatic rings. The lowest BCUT2D eigenvalue weighted by molar-refractivity contribution is -0.384. The molecule has 2 aromatic carbocycles. The van der Waals surface area contributed by atoms with Crippen LogP contribution in [0.2, 0.25) is 0 Å². The second-order valence-corrected chi connectivity index (χ2v) is 6.10. The summed E-state index contributed by atoms with van der Waals surface area (Å²) in [5, 5.41) is 20.6. The summed E-state index contributed by atoms with van der Waals surface area (Å²) in [6.07, 6.45) is 0.403. The van der Waals surface area contributed by atoms with Crippen LogP contribution in [0, 0.1) is 10.1 Å². The highest BCUT2D eigenvalue weighted by molar-refractivity contribution is 7.99. The molecule has 2 rings (SSSR count). The van der Waals surface area contributed by atoms with E-state index < -0.39 is 11.0 Å². The van der Waals surface area contributed by atoms with Gasteiger partial charge in [-0.15, -0.1) is 0 Å². The van der Waals surface area contributed by atoms with E-state index in [0.717, 1.165) is 17.7 Å². The minimum Gasteiger partial charge on any atom is -0.494 e. The Bertz CT molecular complexity index is 604. The van der Waals surface area contributed by atoms with Crippen molar-refractivity contribution in [3.63, 3.8) is 0 Å². The van der Waals surface area contributed by atoms with Gasteiger partial charge in [0.15, 0.2) is 0 Å². The Morgan fingerprint density at radius 3 is 2.48 bits per heavy atom. The Hall–Kier alpha value is -2.05. The fourth-order valence-electron chi connectivity index (χ4n) is 1.98. The minimum atomic E-state index is -0.447. The quantitative estimate of drug-likeness (QED) is 0.429. The molecule has 0 spiro atoms. The summed E-state index contributed by atoms with van der Waals surface area (Å²) in [6.45, 7) is 0.548. The van der Waals surface area contributed by atoms with Gasteiger partial charge >= 0.3 is 0 Å². The van der Waals surface area contributed by atoms with Crippen LogP contribution in [0.1, 0.15) is 18.1 Å². The summed E-state index contributed by atoms with van der Waals surface area (Å²) in [6, 6.07) is 15.7. The van der Waals surface area contributed by atoms with Gasteiger partial charge in [-0.25, -0.2) is 0 Å². The van der Waals surface area contributed by atoms with Crippen molar-refractivity contribution in [2.24, 2.45) is 0 Å². The molecule has 0 radical (unpaired) electrons. The number of benzene rings is 2. The molecule has 0 aliphatic heterocycles. The van der Waals surface area contributed by atoms with Crippen LogP contribution in [-0.2, 0) is 0 Å². The van der Waals surface area contributed by atoms with Crippen LogP contribution in [0.3, 0.4) is 0 Å². The van der Waals surface area contributed by atoms with Gasteiger partial charge in [-0.1, -0.05) is 30.3 Å². The molecule has 6 heteroatoms. The third-order valence-electron chi connectivity index (χ3n) is 3.21. The first-order valence-electron chi connectivity index (χ1n) is 7.35. The van der Waals surface area contributed by atoms with Crippen LogP contribution in [0.15, 0.2) is 54.6 Å². The largest absolute Gasteiger partial charge is 0.494 e. The number of hydrogen-bond acceptors (Lipinski definition) is 5. The summed E-state index contributed by atoms with van der Waals surface area (Å²) >= 11 is 1.68. The van der Waals surface area contributed by atoms with E-state index in [1.807, 2.05) is 30.3 Å². The van der Waals surface area contributed by atoms with E-state index in [0.29, 0.717) is 18.1 Å². The van der Waals surface area contributed by atoms with Crippen molar-refractivity contribution in [1.29, 1.82) is 0 Å². The summed E-state index contributed by atoms with van der Waals surface area (Å²) in [7, 11) is 0. The lowest BCUT2D eigenvalue weighted by Gasteiger charge is -2.10. The maximum atomic E-state index is 10.5. The molecular weight excluding hydrogens is 314 g/mol. The third kappa shape index (κ3) is 5.92. The van der Waals surface area contributed by atoms with Crippen LogP contribution < -0.4 is 4.74 Å². The van der Waals surface area contributed by atoms with Gasteiger partial charge in [-0.3, -0.25) is 10.1 Å². The smallest absolute Gasteiger partial charge is 0.269 e. The molecule has 0 aliphatic carbocycles. The van der Waals surface area contributed by atoms with E-state index in [9.17, 15) is 15.2 Å². The van der Waals surface area contributed by atoms with E-state index in [2.05, 4.69) is 0 Å². The number of nitro benzene ring substituents is 1. The highest BCUT2D eigenvalue weighted by Crippen LogP contribution is 2.19. The van der Waals surface area contributed by atoms with Gasteiger partial charge in [-0.05, 0) is 29.9 Å². The zero-order valence-corrected chi connectivity index (χ0v) is 13.4. The van der Waals surface area contributed by atoms with Crippen molar-refractivity contribution in [2.75, 3.05) is 18.1 Å². The predicted molar refractivity (Wildman–Crippen MR) is 91.9 cm³/mol. The molecule has 0 saturated heterocycles. The van der Waals surface area contributed by atoms with E-state index in [1.165, 1.54) is 12.1 Å². The molecule has 0 heterocycles. The Morgan fingerprint density at radius 1 is 1.13 bits per heavy atom. The first-order chi connectivity index (χ1) is 11.2. The molecule has 2 aromatic rings. The zero-order chi connectivity index (χ0) is 16.5. The molecule has 0 bridgehead atoms. The maximum Gasteiger partial charge on any atom is 0.269 e. The highest BCUT2D eigenvalue weighted by atomic mass is 32.2. The average molecular weight is 333 g/mol. The van der Waals surface area contributed by atoms with Crippen LogP contribution in [0.5, 0.6) is 5.75 Å². The number of aliphatic hydroxyl groups is 1.